The number of hydrogen-bond acceptors (Lipinski definition) is 2. The third kappa shape index (κ3) is 2.78. The largest absolute Gasteiger partial charge is 0.345 e. The van der Waals surface area contributed by atoms with E-state index in [9.17, 15) is 0 Å². The van der Waals surface area contributed by atoms with E-state index < -0.39 is 0 Å². The van der Waals surface area contributed by atoms with Crippen molar-refractivity contribution in [2.45, 2.75) is 32.1 Å². The zero-order valence-electron chi connectivity index (χ0n) is 8.10. The normalized spacial score (nSPS) is 12.9. The molecule has 0 aliphatic heterocycles. The van der Waals surface area contributed by atoms with Crippen LogP contribution in [-0.4, -0.2) is 9.97 Å². The van der Waals surface area contributed by atoms with Crippen molar-refractivity contribution in [1.82, 2.24) is 9.97 Å². The third-order valence-electron chi connectivity index (χ3n) is 1.83. The van der Waals surface area contributed by atoms with Crippen LogP contribution in [0.15, 0.2) is 4.47 Å². The van der Waals surface area contributed by atoms with Gasteiger partial charge in [0.05, 0.1) is 9.85 Å². The highest BCUT2D eigenvalue weighted by molar-refractivity contribution is 9.10. The fraction of sp³-hybridized carbons (Fsp3) is 0.556. The van der Waals surface area contributed by atoms with Gasteiger partial charge in [-0.25, -0.2) is 4.98 Å². The quantitative estimate of drug-likeness (QED) is 0.670. The van der Waals surface area contributed by atoms with E-state index in [1.165, 1.54) is 0 Å². The smallest absolute Gasteiger partial charge is 0.144 e. The number of nitrogens with one attached hydrogen (secondary N) is 1. The molecule has 1 aromatic rings. The van der Waals surface area contributed by atoms with Gasteiger partial charge in [0.25, 0.3) is 0 Å². The summed E-state index contributed by atoms with van der Waals surface area (Å²) in [4.78, 5) is 7.39. The molecule has 14 heavy (non-hydrogen) atoms. The van der Waals surface area contributed by atoms with E-state index in [-0.39, 0.29) is 5.38 Å². The van der Waals surface area contributed by atoms with Crippen LogP contribution in [0.2, 0.25) is 0 Å². The fourth-order valence-corrected chi connectivity index (χ4v) is 1.85. The number of hydrogen-bond donors (Lipinski definition) is 1. The maximum Gasteiger partial charge on any atom is 0.144 e. The van der Waals surface area contributed by atoms with Gasteiger partial charge in [0, 0.05) is 5.69 Å². The number of halogens is 2. The highest BCUT2D eigenvalue weighted by atomic mass is 79.9. The van der Waals surface area contributed by atoms with E-state index in [1.807, 2.05) is 6.92 Å². The third-order valence-corrected chi connectivity index (χ3v) is 3.45. The molecule has 0 aromatic carbocycles. The first-order valence-corrected chi connectivity index (χ1v) is 6.12. The summed E-state index contributed by atoms with van der Waals surface area (Å²) in [5, 5.41) is -0.139. The van der Waals surface area contributed by atoms with Crippen molar-refractivity contribution >= 4 is 39.7 Å². The minimum absolute atomic E-state index is 0.139. The second-order valence-corrected chi connectivity index (χ2v) is 4.92. The van der Waals surface area contributed by atoms with Crippen LogP contribution in [0.5, 0.6) is 0 Å². The molecule has 0 fully saturated rings. The molecule has 0 amide bonds. The van der Waals surface area contributed by atoms with Gasteiger partial charge >= 0.3 is 0 Å². The summed E-state index contributed by atoms with van der Waals surface area (Å²) in [5.74, 6) is 0.739. The molecule has 1 atom stereocenters. The van der Waals surface area contributed by atoms with Crippen molar-refractivity contribution < 1.29 is 0 Å². The molecule has 0 spiro atoms. The zero-order chi connectivity index (χ0) is 10.7. The molecule has 1 N–H and O–H groups in total. The molecule has 0 aliphatic carbocycles. The van der Waals surface area contributed by atoms with Crippen LogP contribution in [0.25, 0.3) is 0 Å². The molecule has 0 saturated heterocycles. The molecule has 1 rings (SSSR count). The molecular weight excluding hydrogens is 284 g/mol. The Kier molecular flexibility index (Phi) is 4.54. The van der Waals surface area contributed by atoms with E-state index >= 15 is 0 Å². The van der Waals surface area contributed by atoms with Gasteiger partial charge < -0.3 is 4.98 Å². The first kappa shape index (κ1) is 12.1. The summed E-state index contributed by atoms with van der Waals surface area (Å²) >= 11 is 14.5. The molecule has 78 valence electrons. The Balaban J connectivity index is 3.21. The van der Waals surface area contributed by atoms with E-state index in [0.717, 1.165) is 28.8 Å². The maximum absolute atomic E-state index is 5.94. The van der Waals surface area contributed by atoms with Crippen molar-refractivity contribution in [1.29, 1.82) is 0 Å². The van der Waals surface area contributed by atoms with Gasteiger partial charge in [-0.15, -0.1) is 11.6 Å². The van der Waals surface area contributed by atoms with Gasteiger partial charge in [-0.3, -0.25) is 0 Å². The number of aromatic amines is 1. The predicted octanol–water partition coefficient (Wildman–Crippen LogP) is 4.15. The Morgan fingerprint density at radius 3 is 2.79 bits per heavy atom. The summed E-state index contributed by atoms with van der Waals surface area (Å²) in [7, 11) is 0. The van der Waals surface area contributed by atoms with Gasteiger partial charge in [0.1, 0.15) is 10.5 Å². The van der Waals surface area contributed by atoms with E-state index in [0.29, 0.717) is 4.64 Å². The summed E-state index contributed by atoms with van der Waals surface area (Å²) in [6, 6.07) is 0. The van der Waals surface area contributed by atoms with Crippen molar-refractivity contribution in [2.75, 3.05) is 0 Å². The Morgan fingerprint density at radius 2 is 2.29 bits per heavy atom. The molecule has 0 saturated carbocycles. The Hall–Kier alpha value is 0.0700. The topological polar surface area (TPSA) is 28.7 Å². The molecular formula is C9H12BrClN2S. The lowest BCUT2D eigenvalue weighted by molar-refractivity contribution is 0.812. The SMILES string of the molecule is CCCc1[nH]c(C(C)Cl)nc(=S)c1Br. The molecule has 0 bridgehead atoms. The Labute approximate surface area is 102 Å². The van der Waals surface area contributed by atoms with Crippen molar-refractivity contribution in [3.05, 3.63) is 20.6 Å². The zero-order valence-corrected chi connectivity index (χ0v) is 11.3. The van der Waals surface area contributed by atoms with Crippen LogP contribution in [0.4, 0.5) is 0 Å². The second kappa shape index (κ2) is 5.24. The lowest BCUT2D eigenvalue weighted by Crippen LogP contribution is -2.02. The number of alkyl halides is 1. The minimum atomic E-state index is -0.139. The minimum Gasteiger partial charge on any atom is -0.345 e. The van der Waals surface area contributed by atoms with Crippen molar-refractivity contribution in [2.24, 2.45) is 0 Å². The van der Waals surface area contributed by atoms with Crippen LogP contribution in [-0.2, 0) is 6.42 Å². The van der Waals surface area contributed by atoms with Gasteiger partial charge in [-0.1, -0.05) is 25.6 Å². The summed E-state index contributed by atoms with van der Waals surface area (Å²) in [5.41, 5.74) is 1.08. The standard InChI is InChI=1S/C9H12BrClN2S/c1-3-4-6-7(10)9(14)13-8(12-6)5(2)11/h5H,3-4H2,1-2H3,(H,12,13,14). The van der Waals surface area contributed by atoms with Crippen molar-refractivity contribution in [3.63, 3.8) is 0 Å². The fourth-order valence-electron chi connectivity index (χ4n) is 1.14. The lowest BCUT2D eigenvalue weighted by Gasteiger charge is -2.08. The van der Waals surface area contributed by atoms with E-state index in [2.05, 4.69) is 32.8 Å². The monoisotopic (exact) mass is 294 g/mol. The van der Waals surface area contributed by atoms with Gasteiger partial charge in [-0.2, -0.15) is 0 Å². The molecule has 1 aromatic heterocycles. The first-order valence-electron chi connectivity index (χ1n) is 4.49. The van der Waals surface area contributed by atoms with E-state index in [1.54, 1.807) is 0 Å². The maximum atomic E-state index is 5.94. The molecule has 0 aliphatic rings. The number of aryl methyl sites for hydroxylation is 1. The highest BCUT2D eigenvalue weighted by Crippen LogP contribution is 2.21. The van der Waals surface area contributed by atoms with Gasteiger partial charge in [0.2, 0.25) is 0 Å². The van der Waals surface area contributed by atoms with Crippen LogP contribution >= 0.6 is 39.7 Å². The average Bonchev–Trinajstić information content (AvgIpc) is 2.12. The second-order valence-electron chi connectivity index (χ2n) is 3.09. The number of aromatic nitrogens is 2. The van der Waals surface area contributed by atoms with Crippen LogP contribution in [0.1, 0.15) is 37.2 Å². The summed E-state index contributed by atoms with van der Waals surface area (Å²) in [6.07, 6.45) is 2.01. The number of nitrogens with zero attached hydrogens (tertiary/aromatic N) is 1. The molecule has 5 heteroatoms. The Bertz CT molecular complexity index is 376. The van der Waals surface area contributed by atoms with Crippen LogP contribution in [0.3, 0.4) is 0 Å². The van der Waals surface area contributed by atoms with Crippen LogP contribution < -0.4 is 0 Å². The van der Waals surface area contributed by atoms with Gasteiger partial charge in [0.15, 0.2) is 0 Å². The number of H-pyrrole nitrogens is 1. The summed E-state index contributed by atoms with van der Waals surface area (Å²) in [6.45, 7) is 3.99. The van der Waals surface area contributed by atoms with E-state index in [4.69, 9.17) is 23.8 Å². The van der Waals surface area contributed by atoms with Crippen molar-refractivity contribution in [3.8, 4) is 0 Å². The van der Waals surface area contributed by atoms with Crippen LogP contribution in [0, 0.1) is 4.64 Å². The molecule has 0 radical (unpaired) electrons. The first-order chi connectivity index (χ1) is 6.56. The van der Waals surface area contributed by atoms with Gasteiger partial charge in [-0.05, 0) is 29.3 Å². The number of rotatable bonds is 3. The average molecular weight is 296 g/mol. The Morgan fingerprint density at radius 1 is 1.64 bits per heavy atom. The molecule has 1 unspecified atom stereocenters. The molecule has 1 heterocycles. The molecule has 2 nitrogen and oxygen atoms in total. The predicted molar refractivity (Wildman–Crippen MR) is 65.4 cm³/mol. The highest BCUT2D eigenvalue weighted by Gasteiger charge is 2.08. The lowest BCUT2D eigenvalue weighted by atomic mass is 10.2. The summed E-state index contributed by atoms with van der Waals surface area (Å²) < 4.78 is 1.46.